The molecule has 7 nitrogen and oxygen atoms in total. The van der Waals surface area contributed by atoms with Crippen LogP contribution in [0.3, 0.4) is 0 Å². The highest BCUT2D eigenvalue weighted by Gasteiger charge is 2.28. The molecule has 0 bridgehead atoms. The number of benzene rings is 1. The Balaban J connectivity index is 1.35. The topological polar surface area (TPSA) is 84.4 Å². The molecule has 4 rings (SSSR count). The highest BCUT2D eigenvalue weighted by Crippen LogP contribution is 2.27. The molecule has 1 aromatic heterocycles. The molecule has 1 saturated heterocycles. The summed E-state index contributed by atoms with van der Waals surface area (Å²) in [5, 5.41) is 10.8. The van der Waals surface area contributed by atoms with Crippen LogP contribution in [0, 0.1) is 5.92 Å². The zero-order valence-corrected chi connectivity index (χ0v) is 14.4. The third kappa shape index (κ3) is 3.34. The van der Waals surface area contributed by atoms with Gasteiger partial charge in [-0.15, -0.1) is 10.2 Å². The van der Waals surface area contributed by atoms with Crippen LogP contribution in [0.4, 0.5) is 5.13 Å². The van der Waals surface area contributed by atoms with Crippen molar-refractivity contribution in [1.82, 2.24) is 15.1 Å². The molecule has 0 atom stereocenters. The summed E-state index contributed by atoms with van der Waals surface area (Å²) in [7, 11) is 0. The van der Waals surface area contributed by atoms with E-state index in [9.17, 15) is 9.59 Å². The molecule has 2 aliphatic heterocycles. The molecule has 1 fully saturated rings. The fraction of sp³-hybridized carbons (Fsp3) is 0.412. The van der Waals surface area contributed by atoms with E-state index < -0.39 is 0 Å². The fourth-order valence-corrected chi connectivity index (χ4v) is 3.73. The number of ether oxygens (including phenoxy) is 1. The maximum Gasteiger partial charge on any atom is 0.253 e. The Morgan fingerprint density at radius 2 is 2.12 bits per heavy atom. The van der Waals surface area contributed by atoms with Gasteiger partial charge in [-0.3, -0.25) is 9.59 Å². The predicted molar refractivity (Wildman–Crippen MR) is 92.8 cm³/mol. The van der Waals surface area contributed by atoms with E-state index in [1.807, 2.05) is 23.1 Å². The maximum atomic E-state index is 12.7. The van der Waals surface area contributed by atoms with Crippen LogP contribution in [0.1, 0.15) is 28.8 Å². The molecule has 130 valence electrons. The molecule has 0 aliphatic carbocycles. The van der Waals surface area contributed by atoms with Crippen molar-refractivity contribution >= 4 is 28.3 Å². The van der Waals surface area contributed by atoms with Crippen LogP contribution in [0.25, 0.3) is 0 Å². The molecule has 2 aromatic rings. The summed E-state index contributed by atoms with van der Waals surface area (Å²) in [4.78, 5) is 26.8. The predicted octanol–water partition coefficient (Wildman–Crippen LogP) is 1.96. The normalized spacial score (nSPS) is 17.0. The number of piperidine rings is 1. The van der Waals surface area contributed by atoms with E-state index in [1.165, 1.54) is 11.3 Å². The van der Waals surface area contributed by atoms with E-state index in [0.717, 1.165) is 17.7 Å². The SMILES string of the molecule is O=C(Nc1nncs1)C1CCN(C(=O)c2ccc3c(c2)CCO3)CC1. The van der Waals surface area contributed by atoms with Gasteiger partial charge in [-0.2, -0.15) is 0 Å². The third-order valence-corrected chi connectivity index (χ3v) is 5.29. The van der Waals surface area contributed by atoms with E-state index in [0.29, 0.717) is 43.2 Å². The number of amides is 2. The first kappa shape index (κ1) is 16.0. The summed E-state index contributed by atoms with van der Waals surface area (Å²) in [6.07, 6.45) is 2.17. The summed E-state index contributed by atoms with van der Waals surface area (Å²) >= 11 is 1.30. The van der Waals surface area contributed by atoms with Gasteiger partial charge in [0.25, 0.3) is 5.91 Å². The van der Waals surface area contributed by atoms with E-state index in [2.05, 4.69) is 15.5 Å². The number of hydrogen-bond donors (Lipinski definition) is 1. The third-order valence-electron chi connectivity index (χ3n) is 4.68. The molecule has 8 heteroatoms. The lowest BCUT2D eigenvalue weighted by Gasteiger charge is -2.31. The van der Waals surface area contributed by atoms with Gasteiger partial charge >= 0.3 is 0 Å². The van der Waals surface area contributed by atoms with Crippen LogP contribution in [-0.4, -0.2) is 46.6 Å². The first-order valence-corrected chi connectivity index (χ1v) is 9.21. The number of carbonyl (C=O) groups excluding carboxylic acids is 2. The second-order valence-corrected chi connectivity index (χ2v) is 7.05. The zero-order valence-electron chi connectivity index (χ0n) is 13.6. The van der Waals surface area contributed by atoms with Gasteiger partial charge in [0.2, 0.25) is 11.0 Å². The zero-order chi connectivity index (χ0) is 17.2. The minimum absolute atomic E-state index is 0.0256. The average Bonchev–Trinajstić information content (AvgIpc) is 3.32. The van der Waals surface area contributed by atoms with Crippen LogP contribution >= 0.6 is 11.3 Å². The standard InChI is InChI=1S/C17H18N4O3S/c22-15(19-17-20-18-10-25-17)11-3-6-21(7-4-11)16(23)13-1-2-14-12(9-13)5-8-24-14/h1-2,9-11H,3-8H2,(H,19,20,22). The van der Waals surface area contributed by atoms with Crippen LogP contribution in [0.2, 0.25) is 0 Å². The Labute approximate surface area is 149 Å². The van der Waals surface area contributed by atoms with Gasteiger partial charge in [-0.1, -0.05) is 11.3 Å². The van der Waals surface area contributed by atoms with E-state index in [-0.39, 0.29) is 17.7 Å². The average molecular weight is 358 g/mol. The van der Waals surface area contributed by atoms with Crippen LogP contribution < -0.4 is 10.1 Å². The summed E-state index contributed by atoms with van der Waals surface area (Å²) in [5.41, 5.74) is 3.37. The van der Waals surface area contributed by atoms with Crippen LogP contribution in [0.5, 0.6) is 5.75 Å². The number of rotatable bonds is 3. The molecule has 0 spiro atoms. The Kier molecular flexibility index (Phi) is 4.35. The summed E-state index contributed by atoms with van der Waals surface area (Å²) < 4.78 is 5.48. The molecule has 3 heterocycles. The lowest BCUT2D eigenvalue weighted by molar-refractivity contribution is -0.121. The van der Waals surface area contributed by atoms with Gasteiger partial charge < -0.3 is 15.0 Å². The molecule has 25 heavy (non-hydrogen) atoms. The number of nitrogens with zero attached hydrogens (tertiary/aromatic N) is 3. The number of nitrogens with one attached hydrogen (secondary N) is 1. The number of hydrogen-bond acceptors (Lipinski definition) is 6. The van der Waals surface area contributed by atoms with E-state index in [1.54, 1.807) is 5.51 Å². The highest BCUT2D eigenvalue weighted by molar-refractivity contribution is 7.13. The fourth-order valence-electron chi connectivity index (χ4n) is 3.28. The van der Waals surface area contributed by atoms with Crippen molar-refractivity contribution in [3.8, 4) is 5.75 Å². The van der Waals surface area contributed by atoms with Crippen molar-refractivity contribution in [1.29, 1.82) is 0 Å². The second-order valence-electron chi connectivity index (χ2n) is 6.22. The number of aromatic nitrogens is 2. The largest absolute Gasteiger partial charge is 0.493 e. The molecule has 2 aliphatic rings. The van der Waals surface area contributed by atoms with Crippen molar-refractivity contribution in [2.24, 2.45) is 5.92 Å². The van der Waals surface area contributed by atoms with Crippen molar-refractivity contribution < 1.29 is 14.3 Å². The minimum Gasteiger partial charge on any atom is -0.493 e. The van der Waals surface area contributed by atoms with Gasteiger partial charge in [0.1, 0.15) is 11.3 Å². The Morgan fingerprint density at radius 3 is 2.88 bits per heavy atom. The molecule has 0 unspecified atom stereocenters. The molecule has 2 amide bonds. The minimum atomic E-state index is -0.0960. The smallest absolute Gasteiger partial charge is 0.253 e. The van der Waals surface area contributed by atoms with E-state index in [4.69, 9.17) is 4.74 Å². The maximum absolute atomic E-state index is 12.7. The number of carbonyl (C=O) groups is 2. The van der Waals surface area contributed by atoms with Gasteiger partial charge in [-0.25, -0.2) is 0 Å². The number of likely N-dealkylation sites (tertiary alicyclic amines) is 1. The summed E-state index contributed by atoms with van der Waals surface area (Å²) in [5.74, 6) is 0.765. The van der Waals surface area contributed by atoms with Gasteiger partial charge in [0.05, 0.1) is 6.61 Å². The lowest BCUT2D eigenvalue weighted by Crippen LogP contribution is -2.41. The van der Waals surface area contributed by atoms with Gasteiger partial charge in [-0.05, 0) is 36.6 Å². The molecular formula is C17H18N4O3S. The second kappa shape index (κ2) is 6.79. The number of fused-ring (bicyclic) bond motifs is 1. The van der Waals surface area contributed by atoms with Crippen LogP contribution in [0.15, 0.2) is 23.7 Å². The van der Waals surface area contributed by atoms with Gasteiger partial charge in [0.15, 0.2) is 0 Å². The monoisotopic (exact) mass is 358 g/mol. The summed E-state index contributed by atoms with van der Waals surface area (Å²) in [6, 6.07) is 5.62. The molecule has 1 N–H and O–H groups in total. The molecule has 0 saturated carbocycles. The Bertz CT molecular complexity index is 785. The highest BCUT2D eigenvalue weighted by atomic mass is 32.1. The first-order valence-electron chi connectivity index (χ1n) is 8.33. The van der Waals surface area contributed by atoms with E-state index >= 15 is 0 Å². The van der Waals surface area contributed by atoms with Crippen molar-refractivity contribution in [2.45, 2.75) is 19.3 Å². The van der Waals surface area contributed by atoms with Crippen molar-refractivity contribution in [3.63, 3.8) is 0 Å². The Hall–Kier alpha value is -2.48. The Morgan fingerprint density at radius 1 is 1.28 bits per heavy atom. The summed E-state index contributed by atoms with van der Waals surface area (Å²) in [6.45, 7) is 1.85. The molecule has 1 aromatic carbocycles. The molecule has 0 radical (unpaired) electrons. The van der Waals surface area contributed by atoms with Crippen molar-refractivity contribution in [2.75, 3.05) is 25.0 Å². The number of anilines is 1. The van der Waals surface area contributed by atoms with Crippen LogP contribution in [-0.2, 0) is 11.2 Å². The first-order chi connectivity index (χ1) is 12.2. The van der Waals surface area contributed by atoms with Crippen molar-refractivity contribution in [3.05, 3.63) is 34.8 Å². The lowest BCUT2D eigenvalue weighted by atomic mass is 9.95. The quantitative estimate of drug-likeness (QED) is 0.907. The van der Waals surface area contributed by atoms with Gasteiger partial charge in [0, 0.05) is 31.0 Å². The molecular weight excluding hydrogens is 340 g/mol.